The fourth-order valence-corrected chi connectivity index (χ4v) is 5.03. The van der Waals surface area contributed by atoms with Crippen LogP contribution in [0.15, 0.2) is 70.9 Å². The van der Waals surface area contributed by atoms with Crippen molar-refractivity contribution in [1.29, 1.82) is 0 Å². The standard InChI is InChI=1S/C24H17ClN2O5S/c1-2-31-15-8-5-13(6-9-15)21(28)19-20(17-4-3-11-32-17)27(23(30)22(19)29)24-26-16-10-7-14(25)12-18(16)33-24/h3-12,20,28H,2H2,1H3/b21-19+. The van der Waals surface area contributed by atoms with Gasteiger partial charge in [0.15, 0.2) is 5.13 Å². The van der Waals surface area contributed by atoms with Crippen molar-refractivity contribution in [2.24, 2.45) is 0 Å². The van der Waals surface area contributed by atoms with Gasteiger partial charge in [0.05, 0.1) is 28.7 Å². The van der Waals surface area contributed by atoms with Gasteiger partial charge in [-0.2, -0.15) is 0 Å². The van der Waals surface area contributed by atoms with E-state index in [0.717, 1.165) is 4.70 Å². The smallest absolute Gasteiger partial charge is 0.302 e. The monoisotopic (exact) mass is 480 g/mol. The highest BCUT2D eigenvalue weighted by Crippen LogP contribution is 2.44. The Balaban J connectivity index is 1.65. The highest BCUT2D eigenvalue weighted by Gasteiger charge is 2.49. The predicted molar refractivity (Wildman–Crippen MR) is 126 cm³/mol. The van der Waals surface area contributed by atoms with Gasteiger partial charge in [0.25, 0.3) is 5.78 Å². The van der Waals surface area contributed by atoms with Crippen LogP contribution in [-0.2, 0) is 9.59 Å². The maximum Gasteiger partial charge on any atom is 0.302 e. The number of furan rings is 1. The lowest BCUT2D eigenvalue weighted by molar-refractivity contribution is -0.132. The van der Waals surface area contributed by atoms with Crippen LogP contribution in [0.5, 0.6) is 5.75 Å². The van der Waals surface area contributed by atoms with E-state index >= 15 is 0 Å². The van der Waals surface area contributed by atoms with Gasteiger partial charge in [0.2, 0.25) is 0 Å². The molecule has 3 heterocycles. The number of aliphatic hydroxyl groups excluding tert-OH is 1. The molecule has 9 heteroatoms. The average Bonchev–Trinajstić information content (AvgIpc) is 3.53. The van der Waals surface area contributed by atoms with Crippen LogP contribution < -0.4 is 9.64 Å². The quantitative estimate of drug-likeness (QED) is 0.228. The number of amides is 1. The zero-order valence-corrected chi connectivity index (χ0v) is 18.9. The molecule has 1 amide bonds. The number of hydrogen-bond acceptors (Lipinski definition) is 7. The number of aliphatic hydroxyl groups is 1. The summed E-state index contributed by atoms with van der Waals surface area (Å²) in [6.07, 6.45) is 1.45. The number of aromatic nitrogens is 1. The summed E-state index contributed by atoms with van der Waals surface area (Å²) in [5, 5.41) is 11.9. The molecule has 4 aromatic rings. The Bertz CT molecular complexity index is 1390. The van der Waals surface area contributed by atoms with Gasteiger partial charge in [-0.15, -0.1) is 0 Å². The number of ether oxygens (including phenoxy) is 1. The van der Waals surface area contributed by atoms with E-state index in [9.17, 15) is 14.7 Å². The molecule has 1 aliphatic rings. The van der Waals surface area contributed by atoms with Gasteiger partial charge in [-0.25, -0.2) is 4.98 Å². The molecule has 5 rings (SSSR count). The molecule has 2 aromatic carbocycles. The van der Waals surface area contributed by atoms with Gasteiger partial charge in [0, 0.05) is 10.6 Å². The second-order valence-electron chi connectivity index (χ2n) is 7.25. The first-order valence-electron chi connectivity index (χ1n) is 10.1. The van der Waals surface area contributed by atoms with Gasteiger partial charge in [-0.05, 0) is 61.5 Å². The zero-order chi connectivity index (χ0) is 23.1. The lowest BCUT2D eigenvalue weighted by Gasteiger charge is -2.20. The number of carbonyl (C=O) groups excluding carboxylic acids is 2. The van der Waals surface area contributed by atoms with Crippen LogP contribution in [0, 0.1) is 0 Å². The van der Waals surface area contributed by atoms with Gasteiger partial charge in [0.1, 0.15) is 23.3 Å². The van der Waals surface area contributed by atoms with Crippen molar-refractivity contribution in [1.82, 2.24) is 4.98 Å². The number of ketones is 1. The van der Waals surface area contributed by atoms with E-state index in [1.54, 1.807) is 54.6 Å². The second kappa shape index (κ2) is 8.38. The number of nitrogens with zero attached hydrogens (tertiary/aromatic N) is 2. The third-order valence-corrected chi connectivity index (χ3v) is 6.49. The summed E-state index contributed by atoms with van der Waals surface area (Å²) in [7, 11) is 0. The molecule has 0 bridgehead atoms. The normalized spacial score (nSPS) is 17.8. The second-order valence-corrected chi connectivity index (χ2v) is 8.70. The molecule has 166 valence electrons. The molecule has 0 spiro atoms. The molecule has 0 saturated carbocycles. The first-order chi connectivity index (χ1) is 16.0. The lowest BCUT2D eigenvalue weighted by Crippen LogP contribution is -2.29. The summed E-state index contributed by atoms with van der Waals surface area (Å²) < 4.78 is 11.8. The number of benzene rings is 2. The van der Waals surface area contributed by atoms with Crippen molar-refractivity contribution < 1.29 is 23.8 Å². The number of thiazole rings is 1. The van der Waals surface area contributed by atoms with E-state index in [0.29, 0.717) is 39.4 Å². The molecule has 1 unspecified atom stereocenters. The van der Waals surface area contributed by atoms with Crippen LogP contribution in [0.3, 0.4) is 0 Å². The van der Waals surface area contributed by atoms with Crippen molar-refractivity contribution >= 4 is 55.7 Å². The van der Waals surface area contributed by atoms with E-state index in [2.05, 4.69) is 4.98 Å². The van der Waals surface area contributed by atoms with Gasteiger partial charge in [-0.1, -0.05) is 22.9 Å². The molecule has 2 aromatic heterocycles. The summed E-state index contributed by atoms with van der Waals surface area (Å²) >= 11 is 7.32. The van der Waals surface area contributed by atoms with Gasteiger partial charge >= 0.3 is 5.91 Å². The summed E-state index contributed by atoms with van der Waals surface area (Å²) in [6, 6.07) is 14.2. The summed E-state index contributed by atoms with van der Waals surface area (Å²) in [5.41, 5.74) is 0.950. The topological polar surface area (TPSA) is 92.9 Å². The first-order valence-corrected chi connectivity index (χ1v) is 11.3. The minimum atomic E-state index is -0.970. The fourth-order valence-electron chi connectivity index (χ4n) is 3.77. The molecule has 1 saturated heterocycles. The Morgan fingerprint density at radius 1 is 1.21 bits per heavy atom. The van der Waals surface area contributed by atoms with Crippen molar-refractivity contribution in [3.8, 4) is 5.75 Å². The van der Waals surface area contributed by atoms with E-state index < -0.39 is 17.7 Å². The third kappa shape index (κ3) is 3.67. The molecule has 1 fully saturated rings. The highest BCUT2D eigenvalue weighted by molar-refractivity contribution is 7.22. The van der Waals surface area contributed by atoms with Gasteiger partial charge in [-0.3, -0.25) is 14.5 Å². The fraction of sp³-hybridized carbons (Fsp3) is 0.125. The van der Waals surface area contributed by atoms with Crippen molar-refractivity contribution in [2.45, 2.75) is 13.0 Å². The number of carbonyl (C=O) groups is 2. The van der Waals surface area contributed by atoms with Crippen LogP contribution in [-0.4, -0.2) is 28.4 Å². The van der Waals surface area contributed by atoms with Crippen molar-refractivity contribution in [2.75, 3.05) is 11.5 Å². The molecule has 0 radical (unpaired) electrons. The van der Waals surface area contributed by atoms with Crippen LogP contribution in [0.1, 0.15) is 24.3 Å². The number of halogens is 1. The van der Waals surface area contributed by atoms with E-state index in [4.69, 9.17) is 20.8 Å². The molecule has 1 N–H and O–H groups in total. The van der Waals surface area contributed by atoms with Crippen LogP contribution in [0.2, 0.25) is 5.02 Å². The Morgan fingerprint density at radius 3 is 2.70 bits per heavy atom. The van der Waals surface area contributed by atoms with Crippen LogP contribution in [0.25, 0.3) is 16.0 Å². The number of hydrogen-bond donors (Lipinski definition) is 1. The lowest BCUT2D eigenvalue weighted by atomic mass is 9.99. The molecule has 1 atom stereocenters. The zero-order valence-electron chi connectivity index (χ0n) is 17.3. The predicted octanol–water partition coefficient (Wildman–Crippen LogP) is 5.57. The van der Waals surface area contributed by atoms with Crippen LogP contribution >= 0.6 is 22.9 Å². The first kappa shape index (κ1) is 21.2. The van der Waals surface area contributed by atoms with Gasteiger partial charge < -0.3 is 14.3 Å². The Morgan fingerprint density at radius 2 is 2.00 bits per heavy atom. The number of anilines is 1. The van der Waals surface area contributed by atoms with Crippen LogP contribution in [0.4, 0.5) is 5.13 Å². The van der Waals surface area contributed by atoms with Crippen molar-refractivity contribution in [3.63, 3.8) is 0 Å². The SMILES string of the molecule is CCOc1ccc(/C(O)=C2\C(=O)C(=O)N(c3nc4ccc(Cl)cc4s3)C2c2ccco2)cc1. The number of rotatable bonds is 5. The number of fused-ring (bicyclic) bond motifs is 1. The molecule has 1 aliphatic heterocycles. The average molecular weight is 481 g/mol. The Labute approximate surface area is 197 Å². The molecular formula is C24H17ClN2O5S. The molecule has 33 heavy (non-hydrogen) atoms. The molecule has 0 aliphatic carbocycles. The van der Waals surface area contributed by atoms with E-state index in [-0.39, 0.29) is 11.3 Å². The Hall–Kier alpha value is -3.62. The van der Waals surface area contributed by atoms with E-state index in [1.807, 2.05) is 6.92 Å². The summed E-state index contributed by atoms with van der Waals surface area (Å²) in [4.78, 5) is 32.1. The minimum Gasteiger partial charge on any atom is -0.507 e. The maximum atomic E-state index is 13.2. The maximum absolute atomic E-state index is 13.2. The highest BCUT2D eigenvalue weighted by atomic mass is 35.5. The molecular weight excluding hydrogens is 464 g/mol. The van der Waals surface area contributed by atoms with Crippen molar-refractivity contribution in [3.05, 3.63) is 82.8 Å². The summed E-state index contributed by atoms with van der Waals surface area (Å²) in [5.74, 6) is -0.956. The third-order valence-electron chi connectivity index (χ3n) is 5.24. The summed E-state index contributed by atoms with van der Waals surface area (Å²) in [6.45, 7) is 2.37. The Kier molecular flexibility index (Phi) is 5.39. The minimum absolute atomic E-state index is 0.0728. The van der Waals surface area contributed by atoms with E-state index in [1.165, 1.54) is 22.5 Å². The largest absolute Gasteiger partial charge is 0.507 e. The molecule has 7 nitrogen and oxygen atoms in total. The number of Topliss-reactive ketones (excluding diaryl/α,β-unsaturated/α-hetero) is 1.